The van der Waals surface area contributed by atoms with Crippen molar-refractivity contribution in [3.05, 3.63) is 173 Å². The van der Waals surface area contributed by atoms with Crippen molar-refractivity contribution >= 4 is 111 Å². The van der Waals surface area contributed by atoms with E-state index in [0.717, 1.165) is 10.8 Å². The molecule has 0 aliphatic carbocycles. The van der Waals surface area contributed by atoms with Crippen LogP contribution in [0.3, 0.4) is 0 Å². The van der Waals surface area contributed by atoms with E-state index >= 15 is 9.59 Å². The number of fused-ring (bicyclic) bond motifs is 1. The van der Waals surface area contributed by atoms with Crippen LogP contribution < -0.4 is 81.0 Å². The largest absolute Gasteiger partial charge is 0.480 e. The third kappa shape index (κ3) is 28.7. The molecule has 1 fully saturated rings. The lowest BCUT2D eigenvalue weighted by atomic mass is 9.99. The molecule has 606 valence electrons. The number of hydrogen-bond acceptors (Lipinski definition) is 18. The van der Waals surface area contributed by atoms with E-state index in [2.05, 4.69) is 68.8 Å². The maximum absolute atomic E-state index is 15.4. The molecule has 5 aromatic carbocycles. The minimum Gasteiger partial charge on any atom is -0.480 e. The molecular weight excluding hydrogens is 1470 g/mol. The van der Waals surface area contributed by atoms with Gasteiger partial charge in [-0.3, -0.25) is 62.5 Å². The molecule has 1 aromatic heterocycles. The van der Waals surface area contributed by atoms with Gasteiger partial charge in [0, 0.05) is 87.0 Å². The van der Waals surface area contributed by atoms with Gasteiger partial charge in [0.2, 0.25) is 65.0 Å². The highest BCUT2D eigenvalue weighted by Crippen LogP contribution is 2.23. The number of carbonyl (C=O) groups is 13. The molecule has 1 saturated heterocycles. The maximum atomic E-state index is 15.4. The highest BCUT2D eigenvalue weighted by atomic mass is 35.5. The van der Waals surface area contributed by atoms with Crippen LogP contribution in [0.5, 0.6) is 0 Å². The van der Waals surface area contributed by atoms with Gasteiger partial charge >= 0.3 is 12.0 Å². The lowest BCUT2D eigenvalue weighted by Gasteiger charge is -2.31. The first-order valence-corrected chi connectivity index (χ1v) is 37.9. The monoisotopic (exact) mass is 1580 g/mol. The molecular formula is C80H104ClN17O15. The number of nitrogens with one attached hydrogen (secondary N) is 12. The van der Waals surface area contributed by atoms with E-state index in [4.69, 9.17) is 28.8 Å². The van der Waals surface area contributed by atoms with Crippen molar-refractivity contribution in [3.8, 4) is 0 Å². The van der Waals surface area contributed by atoms with E-state index in [0.29, 0.717) is 58.6 Å². The summed E-state index contributed by atoms with van der Waals surface area (Å²) in [5, 5.41) is 55.5. The number of likely N-dealkylation sites (tertiary alicyclic amines) is 1. The quantitative estimate of drug-likeness (QED) is 0.0243. The summed E-state index contributed by atoms with van der Waals surface area (Å²) in [6.07, 6.45) is 3.50. The summed E-state index contributed by atoms with van der Waals surface area (Å²) in [6.45, 7) is 9.48. The Morgan fingerprint density at radius 1 is 0.531 bits per heavy atom. The van der Waals surface area contributed by atoms with Crippen molar-refractivity contribution in [1.29, 1.82) is 0 Å². The molecule has 1 aliphatic rings. The number of nitrogens with zero attached hydrogens (tertiary/aromatic N) is 2. The zero-order chi connectivity index (χ0) is 82.4. The Balaban J connectivity index is 1.20. The van der Waals surface area contributed by atoms with E-state index in [9.17, 15) is 63.0 Å². The number of benzene rings is 5. The lowest BCUT2D eigenvalue weighted by molar-refractivity contribution is -0.144. The number of unbranched alkanes of at least 4 members (excludes halogenated alkanes) is 1. The van der Waals surface area contributed by atoms with Crippen LogP contribution in [-0.2, 0) is 89.6 Å². The van der Waals surface area contributed by atoms with Gasteiger partial charge < -0.3 is 96.1 Å². The highest BCUT2D eigenvalue weighted by molar-refractivity contribution is 6.30. The Morgan fingerprint density at radius 3 is 1.50 bits per heavy atom. The fourth-order valence-electron chi connectivity index (χ4n) is 12.7. The number of pyridine rings is 1. The highest BCUT2D eigenvalue weighted by Gasteiger charge is 2.41. The smallest absolute Gasteiger partial charge is 0.325 e. The lowest BCUT2D eigenvalue weighted by Crippen LogP contribution is -2.62. The summed E-state index contributed by atoms with van der Waals surface area (Å²) in [7, 11) is 0. The number of aliphatic hydroxyl groups excluding tert-OH is 1. The van der Waals surface area contributed by atoms with Gasteiger partial charge in [-0.2, -0.15) is 0 Å². The summed E-state index contributed by atoms with van der Waals surface area (Å²) in [5.41, 5.74) is 19.8. The molecule has 1 unspecified atom stereocenters. The molecule has 6 aromatic rings. The number of aliphatic carboxylic acids is 1. The summed E-state index contributed by atoms with van der Waals surface area (Å²) < 4.78 is 0. The first-order chi connectivity index (χ1) is 53.9. The predicted octanol–water partition coefficient (Wildman–Crippen LogP) is 1.80. The Morgan fingerprint density at radius 2 is 1.00 bits per heavy atom. The van der Waals surface area contributed by atoms with Crippen LogP contribution in [-0.4, -0.2) is 196 Å². The summed E-state index contributed by atoms with van der Waals surface area (Å²) in [5.74, 6) is -10.6. The minimum atomic E-state index is -1.89. The van der Waals surface area contributed by atoms with Gasteiger partial charge in [0.1, 0.15) is 60.4 Å². The standard InChI is InChI=1S/C80H104ClN17O15/c1-45(2)35-61(70(102)91-60(16-9-10-33-86-46(3)4)78(110)98-34-12-17-68(98)77(109)87-47(5)79(111)112)92-72(104)64(38-51-23-30-58(31-24-51)90-80(84)113)94-74(106)65(39-50-21-28-57(29-22-50)89-69(101)59(83)42-82)96-76(108)67(44-99)97-75(107)66(41-53-13-11-32-85-43-53)95-73(105)63(37-49-19-26-56(81)27-20-49)93-71(103)62(88-48(6)100)40-52-18-25-54-14-7-8-15-55(54)36-52/h7-8,11,13-15,18-32,36,43,45-47,59-68,86,99H,9-10,12,16-17,33-35,37-42,44,82-83H2,1-6H3,(H,87,109)(H,88,100)(H,89,101)(H,91,102)(H,92,104)(H,93,103)(H,94,106)(H,95,105)(H,96,108)(H,97,107)(H,111,112)(H3,84,90,113)/t47-,59?,60+,61+,62-,63-,64-,65+,66-,67+,68+/m1/s1. The third-order valence-corrected chi connectivity index (χ3v) is 19.0. The number of carbonyl (C=O) groups excluding carboxylic acids is 12. The molecule has 0 saturated carbocycles. The molecule has 0 spiro atoms. The van der Waals surface area contributed by atoms with Crippen LogP contribution in [0.2, 0.25) is 5.02 Å². The minimum absolute atomic E-state index is 0.0146. The van der Waals surface area contributed by atoms with Gasteiger partial charge in [-0.25, -0.2) is 4.79 Å². The van der Waals surface area contributed by atoms with Crippen LogP contribution in [0.25, 0.3) is 10.8 Å². The summed E-state index contributed by atoms with van der Waals surface area (Å²) >= 11 is 6.26. The fourth-order valence-corrected chi connectivity index (χ4v) is 12.8. The number of aromatic nitrogens is 1. The van der Waals surface area contributed by atoms with Crippen LogP contribution in [0.4, 0.5) is 16.2 Å². The molecule has 33 heteroatoms. The topological polar surface area (TPSA) is 501 Å². The van der Waals surface area contributed by atoms with Crippen molar-refractivity contribution in [2.75, 3.05) is 36.9 Å². The number of aliphatic hydroxyl groups is 1. The molecule has 13 amide bonds. The average Bonchev–Trinajstić information content (AvgIpc) is 1.72. The van der Waals surface area contributed by atoms with Gasteiger partial charge in [-0.05, 0) is 139 Å². The number of urea groups is 1. The third-order valence-electron chi connectivity index (χ3n) is 18.7. The van der Waals surface area contributed by atoms with Crippen LogP contribution in [0.1, 0.15) is 108 Å². The Bertz CT molecular complexity index is 4270. The van der Waals surface area contributed by atoms with Crippen LogP contribution in [0.15, 0.2) is 140 Å². The second-order valence-corrected chi connectivity index (χ2v) is 29.2. The molecule has 0 radical (unpaired) electrons. The number of amides is 13. The van der Waals surface area contributed by atoms with Gasteiger partial charge in [0.25, 0.3) is 0 Å². The molecule has 32 nitrogen and oxygen atoms in total. The second kappa shape index (κ2) is 44.0. The molecule has 11 atom stereocenters. The van der Waals surface area contributed by atoms with Crippen LogP contribution in [0, 0.1) is 5.92 Å². The predicted molar refractivity (Wildman–Crippen MR) is 425 cm³/mol. The normalized spacial score (nSPS) is 15.2. The van der Waals surface area contributed by atoms with Gasteiger partial charge in [0.05, 0.1) is 12.6 Å². The Kier molecular flexibility index (Phi) is 34.5. The molecule has 7 rings (SSSR count). The van der Waals surface area contributed by atoms with E-state index in [1.807, 2.05) is 56.3 Å². The van der Waals surface area contributed by atoms with Crippen molar-refractivity contribution in [2.45, 2.75) is 185 Å². The SMILES string of the molecule is CC(=O)N[C@H](Cc1ccc2ccccc2c1)C(=O)N[C@H](Cc1ccc(Cl)cc1)C(=O)N[C@H](Cc1cccnc1)C(=O)N[C@@H](CO)C(=O)N[C@@H](Cc1ccc(NC(=O)C(N)CN)cc1)C(=O)N[C@H](Cc1ccc(NC(N)=O)cc1)C(=O)N[C@@H](CC(C)C)C(=O)N[C@@H](CCCCNC(C)C)C(=O)N1CCC[C@H]1C(=O)N[C@H](C)C(=O)O. The molecule has 0 bridgehead atoms. The second-order valence-electron chi connectivity index (χ2n) is 28.8. The first-order valence-electron chi connectivity index (χ1n) is 37.6. The van der Waals surface area contributed by atoms with E-state index in [1.54, 1.807) is 50.2 Å². The molecule has 1 aliphatic heterocycles. The Hall–Kier alpha value is -11.4. The van der Waals surface area contributed by atoms with E-state index in [1.165, 1.54) is 79.7 Å². The van der Waals surface area contributed by atoms with Crippen molar-refractivity contribution in [3.63, 3.8) is 0 Å². The number of anilines is 2. The number of nitrogens with two attached hydrogens (primary N) is 3. The summed E-state index contributed by atoms with van der Waals surface area (Å²) in [6, 6.07) is 18.7. The molecule has 113 heavy (non-hydrogen) atoms. The molecule has 20 N–H and O–H groups in total. The summed E-state index contributed by atoms with van der Waals surface area (Å²) in [4.78, 5) is 188. The maximum Gasteiger partial charge on any atom is 0.325 e. The molecule has 2 heterocycles. The number of carboxylic acids is 1. The average molecular weight is 1580 g/mol. The zero-order valence-corrected chi connectivity index (χ0v) is 64.9. The van der Waals surface area contributed by atoms with Crippen molar-refractivity contribution in [1.82, 2.24) is 63.1 Å². The fraction of sp³-hybridized carbons (Fsp3) is 0.425. The van der Waals surface area contributed by atoms with Crippen molar-refractivity contribution < 1.29 is 72.5 Å². The zero-order valence-electron chi connectivity index (χ0n) is 64.1. The van der Waals surface area contributed by atoms with Gasteiger partial charge in [0.15, 0.2) is 0 Å². The number of primary amides is 1. The van der Waals surface area contributed by atoms with Gasteiger partial charge in [-0.15, -0.1) is 0 Å². The number of rotatable bonds is 42. The Labute approximate surface area is 660 Å². The number of hydrogen-bond donors (Lipinski definition) is 17. The van der Waals surface area contributed by atoms with Crippen molar-refractivity contribution in [2.24, 2.45) is 23.1 Å². The number of halogens is 1. The van der Waals surface area contributed by atoms with Gasteiger partial charge in [-0.1, -0.05) is 124 Å². The first kappa shape index (κ1) is 88.8. The van der Waals surface area contributed by atoms with Crippen LogP contribution >= 0.6 is 11.6 Å². The van der Waals surface area contributed by atoms with E-state index in [-0.39, 0.29) is 87.8 Å². The van der Waals surface area contributed by atoms with E-state index < -0.39 is 150 Å². The number of carboxylic acid groups (broad SMARTS) is 1.